The summed E-state index contributed by atoms with van der Waals surface area (Å²) in [5, 5.41) is 4.84. The van der Waals surface area contributed by atoms with Gasteiger partial charge in [0.2, 0.25) is 6.79 Å². The van der Waals surface area contributed by atoms with Crippen LogP contribution in [-0.4, -0.2) is 13.3 Å². The molecule has 0 unspecified atom stereocenters. The van der Waals surface area contributed by atoms with Crippen molar-refractivity contribution in [1.82, 2.24) is 5.32 Å². The van der Waals surface area contributed by atoms with Crippen molar-refractivity contribution >= 4 is 21.4 Å². The Morgan fingerprint density at radius 2 is 2.09 bits per heavy atom. The second kappa shape index (κ2) is 5.99. The molecule has 1 aliphatic carbocycles. The van der Waals surface area contributed by atoms with Crippen molar-refractivity contribution in [2.24, 2.45) is 0 Å². The zero-order valence-corrected chi connectivity index (χ0v) is 13.0. The Bertz CT molecular complexity index is 752. The maximum Gasteiger partial charge on any atom is 0.229 e. The van der Waals surface area contributed by atoms with E-state index in [1.807, 2.05) is 23.5 Å². The van der Waals surface area contributed by atoms with Crippen molar-refractivity contribution in [2.45, 2.75) is 13.0 Å². The first kappa shape index (κ1) is 13.6. The maximum atomic E-state index is 5.62. The van der Waals surface area contributed by atoms with Crippen LogP contribution in [0.4, 0.5) is 0 Å². The first-order valence-corrected chi connectivity index (χ1v) is 8.23. The lowest BCUT2D eigenvalue weighted by molar-refractivity contribution is -0.0220. The summed E-state index contributed by atoms with van der Waals surface area (Å²) in [5.74, 6) is 2.01. The molecule has 1 fully saturated rings. The highest BCUT2D eigenvalue weighted by Crippen LogP contribution is 2.27. The second-order valence-electron chi connectivity index (χ2n) is 5.38. The molecule has 112 valence electrons. The monoisotopic (exact) mass is 311 g/mol. The Morgan fingerprint density at radius 3 is 3.05 bits per heavy atom. The Balaban J connectivity index is 1.42. The van der Waals surface area contributed by atoms with E-state index in [9.17, 15) is 0 Å². The minimum Gasteiger partial charge on any atom is -0.461 e. The fraction of sp³-hybridized carbons (Fsp3) is 0.222. The van der Waals surface area contributed by atoms with Crippen LogP contribution < -0.4 is 5.32 Å². The van der Waals surface area contributed by atoms with Crippen molar-refractivity contribution in [3.63, 3.8) is 0 Å². The molecule has 0 amide bonds. The lowest BCUT2D eigenvalue weighted by Gasteiger charge is -2.21. The summed E-state index contributed by atoms with van der Waals surface area (Å²) < 4.78 is 12.4. The van der Waals surface area contributed by atoms with E-state index in [4.69, 9.17) is 9.47 Å². The third-order valence-corrected chi connectivity index (χ3v) is 4.96. The molecule has 1 saturated heterocycles. The van der Waals surface area contributed by atoms with E-state index in [0.717, 1.165) is 31.0 Å². The molecule has 0 radical (unpaired) electrons. The quantitative estimate of drug-likeness (QED) is 0.922. The number of ether oxygens (including phenoxy) is 2. The molecule has 0 saturated carbocycles. The normalized spacial score (nSPS) is 17.0. The molecule has 2 aromatic rings. The van der Waals surface area contributed by atoms with E-state index in [1.165, 1.54) is 20.5 Å². The van der Waals surface area contributed by atoms with Gasteiger partial charge in [-0.05, 0) is 23.6 Å². The summed E-state index contributed by atoms with van der Waals surface area (Å²) in [4.78, 5) is 1.36. The van der Waals surface area contributed by atoms with Gasteiger partial charge >= 0.3 is 0 Å². The van der Waals surface area contributed by atoms with Gasteiger partial charge < -0.3 is 14.8 Å². The van der Waals surface area contributed by atoms with Crippen LogP contribution in [0.1, 0.15) is 11.3 Å². The lowest BCUT2D eigenvalue weighted by atomic mass is 10.1. The molecule has 4 rings (SSSR count). The Hall–Kier alpha value is -2.04. The first-order valence-electron chi connectivity index (χ1n) is 7.41. The highest BCUT2D eigenvalue weighted by atomic mass is 32.1. The van der Waals surface area contributed by atoms with Gasteiger partial charge in [0.15, 0.2) is 0 Å². The number of allylic oxidation sites excluding steroid dienone is 2. The van der Waals surface area contributed by atoms with E-state index < -0.39 is 0 Å². The molecule has 0 atom stereocenters. The highest BCUT2D eigenvalue weighted by Gasteiger charge is 2.17. The minimum atomic E-state index is 0.322. The van der Waals surface area contributed by atoms with Gasteiger partial charge in [0.05, 0.1) is 6.42 Å². The third-order valence-electron chi connectivity index (χ3n) is 3.84. The van der Waals surface area contributed by atoms with Crippen LogP contribution in [0.5, 0.6) is 0 Å². The molecule has 4 heteroatoms. The van der Waals surface area contributed by atoms with Crippen LogP contribution in [0.3, 0.4) is 0 Å². The Kier molecular flexibility index (Phi) is 3.70. The topological polar surface area (TPSA) is 30.5 Å². The van der Waals surface area contributed by atoms with Crippen LogP contribution in [0.25, 0.3) is 10.1 Å². The van der Waals surface area contributed by atoms with Gasteiger partial charge in [-0.1, -0.05) is 30.4 Å². The maximum absolute atomic E-state index is 5.62. The summed E-state index contributed by atoms with van der Waals surface area (Å²) in [6, 6.07) is 10.8. The zero-order valence-electron chi connectivity index (χ0n) is 12.2. The van der Waals surface area contributed by atoms with Gasteiger partial charge in [-0.2, -0.15) is 0 Å². The molecule has 1 aliphatic heterocycles. The van der Waals surface area contributed by atoms with Crippen LogP contribution in [0.15, 0.2) is 65.7 Å². The molecule has 2 heterocycles. The van der Waals surface area contributed by atoms with Crippen molar-refractivity contribution < 1.29 is 9.47 Å². The minimum absolute atomic E-state index is 0.322. The molecular formula is C18H17NO2S. The molecule has 2 aliphatic rings. The Morgan fingerprint density at radius 1 is 1.14 bits per heavy atom. The number of hydrogen-bond acceptors (Lipinski definition) is 4. The van der Waals surface area contributed by atoms with Crippen molar-refractivity contribution in [3.05, 3.63) is 70.5 Å². The summed E-state index contributed by atoms with van der Waals surface area (Å²) in [6.07, 6.45) is 6.91. The van der Waals surface area contributed by atoms with Crippen LogP contribution in [0.2, 0.25) is 0 Å². The molecule has 1 aromatic carbocycles. The van der Waals surface area contributed by atoms with Gasteiger partial charge in [-0.3, -0.25) is 0 Å². The molecule has 3 nitrogen and oxygen atoms in total. The second-order valence-corrected chi connectivity index (χ2v) is 6.55. The lowest BCUT2D eigenvalue weighted by Crippen LogP contribution is -2.18. The first-order chi connectivity index (χ1) is 10.9. The SMILES string of the molecule is C1=CC(CNCc2cc3ccccc3s2)=C2CC(=C1)OCO2. The van der Waals surface area contributed by atoms with Crippen LogP contribution in [0, 0.1) is 0 Å². The van der Waals surface area contributed by atoms with Crippen molar-refractivity contribution in [2.75, 3.05) is 13.3 Å². The number of fused-ring (bicyclic) bond motifs is 3. The van der Waals surface area contributed by atoms with E-state index in [-0.39, 0.29) is 0 Å². The zero-order chi connectivity index (χ0) is 14.8. The predicted octanol–water partition coefficient (Wildman–Crippen LogP) is 4.09. The van der Waals surface area contributed by atoms with E-state index >= 15 is 0 Å². The molecule has 0 spiro atoms. The van der Waals surface area contributed by atoms with Gasteiger partial charge in [0.1, 0.15) is 11.5 Å². The number of benzene rings is 1. The van der Waals surface area contributed by atoms with E-state index in [1.54, 1.807) is 0 Å². The highest BCUT2D eigenvalue weighted by molar-refractivity contribution is 7.19. The smallest absolute Gasteiger partial charge is 0.229 e. The molecule has 1 N–H and O–H groups in total. The Labute approximate surface area is 133 Å². The largest absolute Gasteiger partial charge is 0.461 e. The van der Waals surface area contributed by atoms with Gasteiger partial charge in [-0.15, -0.1) is 11.3 Å². The third kappa shape index (κ3) is 2.80. The van der Waals surface area contributed by atoms with Gasteiger partial charge in [-0.25, -0.2) is 0 Å². The number of thiophene rings is 1. The molecule has 1 aromatic heterocycles. The predicted molar refractivity (Wildman–Crippen MR) is 89.4 cm³/mol. The summed E-state index contributed by atoms with van der Waals surface area (Å²) >= 11 is 1.85. The van der Waals surface area contributed by atoms with Crippen LogP contribution >= 0.6 is 11.3 Å². The fourth-order valence-corrected chi connectivity index (χ4v) is 3.75. The average molecular weight is 311 g/mol. The molecule has 2 bridgehead atoms. The number of hydrogen-bond donors (Lipinski definition) is 1. The summed E-state index contributed by atoms with van der Waals surface area (Å²) in [6.45, 7) is 2.00. The standard InChI is InChI=1S/C18H17NO2S/c1-2-7-18-13(4-1)8-16(22-18)11-19-10-14-5-3-6-15-9-17(14)21-12-20-15/h1-8,19H,9-12H2. The van der Waals surface area contributed by atoms with Crippen LogP contribution in [-0.2, 0) is 16.0 Å². The summed E-state index contributed by atoms with van der Waals surface area (Å²) in [5.41, 5.74) is 1.20. The van der Waals surface area contributed by atoms with Crippen molar-refractivity contribution in [3.8, 4) is 0 Å². The van der Waals surface area contributed by atoms with Gasteiger partial charge in [0.25, 0.3) is 0 Å². The average Bonchev–Trinajstić information content (AvgIpc) is 2.90. The van der Waals surface area contributed by atoms with E-state index in [2.05, 4.69) is 41.7 Å². The molecule has 22 heavy (non-hydrogen) atoms. The van der Waals surface area contributed by atoms with Gasteiger partial charge in [0, 0.05) is 28.2 Å². The summed E-state index contributed by atoms with van der Waals surface area (Å²) in [7, 11) is 0. The van der Waals surface area contributed by atoms with Crippen molar-refractivity contribution in [1.29, 1.82) is 0 Å². The number of rotatable bonds is 4. The van der Waals surface area contributed by atoms with E-state index in [0.29, 0.717) is 6.79 Å². The fourth-order valence-electron chi connectivity index (χ4n) is 2.72. The number of nitrogens with one attached hydrogen (secondary N) is 1. The molecular weight excluding hydrogens is 294 g/mol.